The highest BCUT2D eigenvalue weighted by molar-refractivity contribution is 5.36. The van der Waals surface area contributed by atoms with Gasteiger partial charge in [0.1, 0.15) is 0 Å². The van der Waals surface area contributed by atoms with Crippen molar-refractivity contribution in [2.75, 3.05) is 40.4 Å². The molecule has 4 nitrogen and oxygen atoms in total. The zero-order valence-corrected chi connectivity index (χ0v) is 13.0. The Bertz CT molecular complexity index is 463. The van der Waals surface area contributed by atoms with Gasteiger partial charge in [-0.1, -0.05) is 30.3 Å². The Morgan fingerprint density at radius 2 is 2.05 bits per heavy atom. The summed E-state index contributed by atoms with van der Waals surface area (Å²) < 4.78 is 5.06. The zero-order chi connectivity index (χ0) is 15.1. The van der Waals surface area contributed by atoms with E-state index >= 15 is 0 Å². The minimum absolute atomic E-state index is 0.277. The van der Waals surface area contributed by atoms with E-state index < -0.39 is 0 Å². The maximum absolute atomic E-state index is 9.52. The van der Waals surface area contributed by atoms with Crippen LogP contribution in [0.3, 0.4) is 0 Å². The summed E-state index contributed by atoms with van der Waals surface area (Å²) in [4.78, 5) is 2.25. The molecule has 0 heterocycles. The first-order valence-corrected chi connectivity index (χ1v) is 7.58. The molecule has 2 rings (SSSR count). The van der Waals surface area contributed by atoms with Gasteiger partial charge in [0.2, 0.25) is 0 Å². The third-order valence-corrected chi connectivity index (χ3v) is 4.33. The lowest BCUT2D eigenvalue weighted by atomic mass is 9.62. The van der Waals surface area contributed by atoms with Crippen LogP contribution in [0.5, 0.6) is 0 Å². The Morgan fingerprint density at radius 3 is 2.67 bits per heavy atom. The maximum atomic E-state index is 9.52. The highest BCUT2D eigenvalue weighted by Gasteiger charge is 2.45. The topological polar surface area (TPSA) is 48.3 Å². The quantitative estimate of drug-likeness (QED) is 0.792. The Morgan fingerprint density at radius 1 is 1.33 bits per heavy atom. The molecule has 1 aromatic carbocycles. The van der Waals surface area contributed by atoms with E-state index in [0.29, 0.717) is 6.04 Å². The standard InChI is InChI=1S/C17H25N3O/c1-20(10-11-21-2)9-8-19-16-12-17(13-16,14-18)15-6-4-3-5-7-15/h3-7,16,19H,8-13H2,1-2H3. The van der Waals surface area contributed by atoms with Gasteiger partial charge in [-0.15, -0.1) is 0 Å². The smallest absolute Gasteiger partial charge is 0.0852 e. The summed E-state index contributed by atoms with van der Waals surface area (Å²) in [6.45, 7) is 3.69. The summed E-state index contributed by atoms with van der Waals surface area (Å²) in [5.41, 5.74) is 0.878. The molecule has 0 unspecified atom stereocenters. The van der Waals surface area contributed by atoms with Crippen molar-refractivity contribution in [2.45, 2.75) is 24.3 Å². The molecule has 1 N–H and O–H groups in total. The monoisotopic (exact) mass is 287 g/mol. The number of methoxy groups -OCH3 is 1. The SMILES string of the molecule is COCCN(C)CCNC1CC(C#N)(c2ccccc2)C1. The lowest BCUT2D eigenvalue weighted by molar-refractivity contribution is 0.157. The molecule has 0 aliphatic heterocycles. The van der Waals surface area contributed by atoms with Crippen LogP contribution in [0.15, 0.2) is 30.3 Å². The van der Waals surface area contributed by atoms with Crippen LogP contribution in [-0.4, -0.2) is 51.3 Å². The molecule has 0 spiro atoms. The van der Waals surface area contributed by atoms with Gasteiger partial charge in [0.15, 0.2) is 0 Å². The average Bonchev–Trinajstić information content (AvgIpc) is 2.48. The second kappa shape index (κ2) is 7.56. The van der Waals surface area contributed by atoms with Crippen LogP contribution in [0, 0.1) is 11.3 Å². The fourth-order valence-corrected chi connectivity index (χ4v) is 2.89. The van der Waals surface area contributed by atoms with Crippen molar-refractivity contribution in [1.82, 2.24) is 10.2 Å². The van der Waals surface area contributed by atoms with E-state index in [0.717, 1.165) is 44.6 Å². The van der Waals surface area contributed by atoms with Gasteiger partial charge in [-0.2, -0.15) is 5.26 Å². The largest absolute Gasteiger partial charge is 0.383 e. The number of nitriles is 1. The molecule has 0 aromatic heterocycles. The van der Waals surface area contributed by atoms with Gasteiger partial charge in [0.25, 0.3) is 0 Å². The predicted octanol–water partition coefficient (Wildman–Crippen LogP) is 1.78. The number of ether oxygens (including phenoxy) is 1. The van der Waals surface area contributed by atoms with E-state index in [9.17, 15) is 5.26 Å². The number of likely N-dealkylation sites (N-methyl/N-ethyl adjacent to an activating group) is 1. The van der Waals surface area contributed by atoms with Crippen molar-refractivity contribution < 1.29 is 4.74 Å². The van der Waals surface area contributed by atoms with Gasteiger partial charge in [0.05, 0.1) is 18.1 Å². The van der Waals surface area contributed by atoms with Gasteiger partial charge < -0.3 is 15.0 Å². The zero-order valence-electron chi connectivity index (χ0n) is 13.0. The summed E-state index contributed by atoms with van der Waals surface area (Å²) in [6.07, 6.45) is 1.82. The van der Waals surface area contributed by atoms with Crippen molar-refractivity contribution in [3.05, 3.63) is 35.9 Å². The molecule has 0 atom stereocenters. The molecule has 114 valence electrons. The minimum atomic E-state index is -0.277. The van der Waals surface area contributed by atoms with Crippen LogP contribution in [-0.2, 0) is 10.2 Å². The lowest BCUT2D eigenvalue weighted by Crippen LogP contribution is -2.52. The normalized spacial score (nSPS) is 24.6. The first-order chi connectivity index (χ1) is 10.2. The Balaban J connectivity index is 1.72. The van der Waals surface area contributed by atoms with E-state index in [4.69, 9.17) is 4.74 Å². The van der Waals surface area contributed by atoms with Crippen LogP contribution < -0.4 is 5.32 Å². The maximum Gasteiger partial charge on any atom is 0.0852 e. The van der Waals surface area contributed by atoms with Crippen LogP contribution in [0.2, 0.25) is 0 Å². The molecule has 0 amide bonds. The molecule has 21 heavy (non-hydrogen) atoms. The van der Waals surface area contributed by atoms with E-state index in [1.807, 2.05) is 18.2 Å². The van der Waals surface area contributed by atoms with Gasteiger partial charge in [0, 0.05) is 32.8 Å². The Labute approximate surface area is 127 Å². The number of nitrogens with zero attached hydrogens (tertiary/aromatic N) is 2. The van der Waals surface area contributed by atoms with E-state index in [2.05, 4.69) is 35.5 Å². The summed E-state index contributed by atoms with van der Waals surface area (Å²) >= 11 is 0. The van der Waals surface area contributed by atoms with Crippen molar-refractivity contribution in [1.29, 1.82) is 5.26 Å². The highest BCUT2D eigenvalue weighted by atomic mass is 16.5. The third kappa shape index (κ3) is 4.04. The van der Waals surface area contributed by atoms with Crippen molar-refractivity contribution in [3.8, 4) is 6.07 Å². The van der Waals surface area contributed by atoms with Crippen LogP contribution in [0.4, 0.5) is 0 Å². The highest BCUT2D eigenvalue weighted by Crippen LogP contribution is 2.43. The number of hydrogen-bond donors (Lipinski definition) is 1. The van der Waals surface area contributed by atoms with Crippen molar-refractivity contribution in [3.63, 3.8) is 0 Å². The van der Waals surface area contributed by atoms with Crippen molar-refractivity contribution in [2.24, 2.45) is 0 Å². The first kappa shape index (κ1) is 16.0. The molecule has 4 heteroatoms. The van der Waals surface area contributed by atoms with Crippen LogP contribution in [0.25, 0.3) is 0 Å². The molecule has 1 saturated carbocycles. The predicted molar refractivity (Wildman–Crippen MR) is 84.1 cm³/mol. The number of rotatable bonds is 8. The van der Waals surface area contributed by atoms with Gasteiger partial charge >= 0.3 is 0 Å². The molecular formula is C17H25N3O. The van der Waals surface area contributed by atoms with Crippen LogP contribution in [0.1, 0.15) is 18.4 Å². The average molecular weight is 287 g/mol. The number of benzene rings is 1. The van der Waals surface area contributed by atoms with E-state index in [1.165, 1.54) is 0 Å². The van der Waals surface area contributed by atoms with E-state index in [-0.39, 0.29) is 5.41 Å². The number of hydrogen-bond acceptors (Lipinski definition) is 4. The molecule has 0 saturated heterocycles. The molecule has 1 aromatic rings. The van der Waals surface area contributed by atoms with Gasteiger partial charge in [-0.3, -0.25) is 0 Å². The second-order valence-corrected chi connectivity index (χ2v) is 5.92. The number of nitrogens with one attached hydrogen (secondary N) is 1. The molecule has 0 bridgehead atoms. The molecule has 1 aliphatic rings. The minimum Gasteiger partial charge on any atom is -0.383 e. The summed E-state index contributed by atoms with van der Waals surface area (Å²) in [5.74, 6) is 0. The lowest BCUT2D eigenvalue weighted by Gasteiger charge is -2.43. The molecular weight excluding hydrogens is 262 g/mol. The summed E-state index contributed by atoms with van der Waals surface area (Å²) in [7, 11) is 3.83. The molecule has 1 aliphatic carbocycles. The molecule has 1 fully saturated rings. The fraction of sp³-hybridized carbons (Fsp3) is 0.588. The fourth-order valence-electron chi connectivity index (χ4n) is 2.89. The second-order valence-electron chi connectivity index (χ2n) is 5.92. The summed E-state index contributed by atoms with van der Waals surface area (Å²) in [5, 5.41) is 13.1. The summed E-state index contributed by atoms with van der Waals surface area (Å²) in [6, 6.07) is 13.1. The third-order valence-electron chi connectivity index (χ3n) is 4.33. The Hall–Kier alpha value is -1.41. The van der Waals surface area contributed by atoms with E-state index in [1.54, 1.807) is 7.11 Å². The van der Waals surface area contributed by atoms with Crippen LogP contribution >= 0.6 is 0 Å². The Kier molecular flexibility index (Phi) is 5.75. The van der Waals surface area contributed by atoms with Crippen molar-refractivity contribution >= 4 is 0 Å². The van der Waals surface area contributed by atoms with Gasteiger partial charge in [-0.05, 0) is 25.5 Å². The van der Waals surface area contributed by atoms with Gasteiger partial charge in [-0.25, -0.2) is 0 Å². The first-order valence-electron chi connectivity index (χ1n) is 7.58. The molecule has 0 radical (unpaired) electrons.